The van der Waals surface area contributed by atoms with Crippen LogP contribution in [0.2, 0.25) is 0 Å². The van der Waals surface area contributed by atoms with Crippen LogP contribution < -0.4 is 0 Å². The monoisotopic (exact) mass is 346 g/mol. The van der Waals surface area contributed by atoms with E-state index in [1.54, 1.807) is 0 Å². The molecule has 2 rings (SSSR count). The van der Waals surface area contributed by atoms with E-state index in [2.05, 4.69) is 0 Å². The number of Topliss-reactive ketones (excluding diaryl/α,β-unsaturated/α-hetero) is 1. The molecular weight excluding hydrogens is 328 g/mol. The first-order chi connectivity index (χ1) is 11.3. The number of ketones is 1. The highest BCUT2D eigenvalue weighted by atomic mass is 32.2. The Balaban J connectivity index is 1.90. The molecule has 0 atom stereocenters. The maximum atomic E-state index is 12.0. The SMILES string of the molecule is Cc1ccc(CC(=O)OCC(=O)c2ccc(S(C)(=O)=O)cc2)cc1. The molecule has 6 heteroatoms. The lowest BCUT2D eigenvalue weighted by Crippen LogP contribution is -2.15. The van der Waals surface area contributed by atoms with E-state index in [1.807, 2.05) is 31.2 Å². The predicted octanol–water partition coefficient (Wildman–Crippen LogP) is 2.37. The molecule has 0 aliphatic heterocycles. The Morgan fingerprint density at radius 2 is 1.54 bits per heavy atom. The molecule has 0 radical (unpaired) electrons. The maximum Gasteiger partial charge on any atom is 0.310 e. The van der Waals surface area contributed by atoms with Gasteiger partial charge in [0.25, 0.3) is 0 Å². The van der Waals surface area contributed by atoms with Gasteiger partial charge in [0.15, 0.2) is 22.2 Å². The first kappa shape index (κ1) is 17.9. The summed E-state index contributed by atoms with van der Waals surface area (Å²) in [5, 5.41) is 0. The Labute approximate surface area is 141 Å². The van der Waals surface area contributed by atoms with Gasteiger partial charge >= 0.3 is 5.97 Å². The molecule has 0 saturated carbocycles. The lowest BCUT2D eigenvalue weighted by atomic mass is 10.1. The van der Waals surface area contributed by atoms with Crippen LogP contribution in [0.4, 0.5) is 0 Å². The summed E-state index contributed by atoms with van der Waals surface area (Å²) in [5.41, 5.74) is 2.21. The van der Waals surface area contributed by atoms with Crippen LogP contribution in [-0.4, -0.2) is 33.0 Å². The molecule has 0 aromatic heterocycles. The number of hydrogen-bond donors (Lipinski definition) is 0. The van der Waals surface area contributed by atoms with Crippen molar-refractivity contribution in [1.82, 2.24) is 0 Å². The van der Waals surface area contributed by atoms with Crippen LogP contribution in [0.25, 0.3) is 0 Å². The second-order valence-electron chi connectivity index (χ2n) is 5.54. The molecule has 24 heavy (non-hydrogen) atoms. The van der Waals surface area contributed by atoms with Gasteiger partial charge in [-0.3, -0.25) is 9.59 Å². The van der Waals surface area contributed by atoms with Gasteiger partial charge in [0.2, 0.25) is 0 Å². The van der Waals surface area contributed by atoms with Gasteiger partial charge in [-0.1, -0.05) is 29.8 Å². The number of carbonyl (C=O) groups excluding carboxylic acids is 2. The Bertz CT molecular complexity index is 834. The zero-order valence-electron chi connectivity index (χ0n) is 13.5. The average molecular weight is 346 g/mol. The fourth-order valence-corrected chi connectivity index (χ4v) is 2.67. The number of aryl methyl sites for hydroxylation is 1. The number of rotatable bonds is 6. The highest BCUT2D eigenvalue weighted by molar-refractivity contribution is 7.90. The molecule has 0 aliphatic carbocycles. The van der Waals surface area contributed by atoms with Crippen molar-refractivity contribution in [2.45, 2.75) is 18.2 Å². The number of sulfone groups is 1. The summed E-state index contributed by atoms with van der Waals surface area (Å²) in [6.45, 7) is 1.58. The van der Waals surface area contributed by atoms with Crippen molar-refractivity contribution in [2.75, 3.05) is 12.9 Å². The van der Waals surface area contributed by atoms with E-state index in [0.29, 0.717) is 5.56 Å². The molecule has 0 aliphatic rings. The molecule has 2 aromatic rings. The molecule has 0 N–H and O–H groups in total. The van der Waals surface area contributed by atoms with Gasteiger partial charge in [0.05, 0.1) is 11.3 Å². The molecule has 0 fully saturated rings. The molecule has 0 saturated heterocycles. The fourth-order valence-electron chi connectivity index (χ4n) is 2.04. The lowest BCUT2D eigenvalue weighted by Gasteiger charge is -2.06. The van der Waals surface area contributed by atoms with Crippen LogP contribution in [0, 0.1) is 6.92 Å². The van der Waals surface area contributed by atoms with Crippen LogP contribution in [0.15, 0.2) is 53.4 Å². The summed E-state index contributed by atoms with van der Waals surface area (Å²) in [5.74, 6) is -0.868. The van der Waals surface area contributed by atoms with Crippen molar-refractivity contribution >= 4 is 21.6 Å². The summed E-state index contributed by atoms with van der Waals surface area (Å²) >= 11 is 0. The van der Waals surface area contributed by atoms with E-state index in [-0.39, 0.29) is 23.7 Å². The van der Waals surface area contributed by atoms with Gasteiger partial charge in [-0.25, -0.2) is 8.42 Å². The highest BCUT2D eigenvalue weighted by Crippen LogP contribution is 2.11. The summed E-state index contributed by atoms with van der Waals surface area (Å²) in [7, 11) is -3.31. The third-order valence-corrected chi connectivity index (χ3v) is 4.57. The molecule has 0 amide bonds. The Kier molecular flexibility index (Phi) is 5.51. The second kappa shape index (κ2) is 7.40. The lowest BCUT2D eigenvalue weighted by molar-refractivity contribution is -0.141. The number of ether oxygens (including phenoxy) is 1. The van der Waals surface area contributed by atoms with Gasteiger partial charge in [0.1, 0.15) is 0 Å². The van der Waals surface area contributed by atoms with E-state index in [9.17, 15) is 18.0 Å². The minimum absolute atomic E-state index is 0.0978. The van der Waals surface area contributed by atoms with Crippen LogP contribution in [0.1, 0.15) is 21.5 Å². The van der Waals surface area contributed by atoms with Gasteiger partial charge < -0.3 is 4.74 Å². The number of esters is 1. The second-order valence-corrected chi connectivity index (χ2v) is 7.56. The third-order valence-electron chi connectivity index (χ3n) is 3.44. The normalized spacial score (nSPS) is 11.1. The van der Waals surface area contributed by atoms with Crippen LogP contribution >= 0.6 is 0 Å². The maximum absolute atomic E-state index is 12.0. The quantitative estimate of drug-likeness (QED) is 0.593. The minimum atomic E-state index is -3.31. The summed E-state index contributed by atoms with van der Waals surface area (Å²) in [6.07, 6.45) is 1.19. The first-order valence-electron chi connectivity index (χ1n) is 7.30. The number of hydrogen-bond acceptors (Lipinski definition) is 5. The summed E-state index contributed by atoms with van der Waals surface area (Å²) in [6, 6.07) is 13.0. The van der Waals surface area contributed by atoms with Gasteiger partial charge in [-0.05, 0) is 36.8 Å². The predicted molar refractivity (Wildman–Crippen MR) is 89.7 cm³/mol. The van der Waals surface area contributed by atoms with E-state index in [4.69, 9.17) is 4.74 Å². The fraction of sp³-hybridized carbons (Fsp3) is 0.222. The van der Waals surface area contributed by atoms with Gasteiger partial charge in [-0.15, -0.1) is 0 Å². The first-order valence-corrected chi connectivity index (χ1v) is 9.19. The molecule has 0 spiro atoms. The summed E-state index contributed by atoms with van der Waals surface area (Å²) in [4.78, 5) is 23.9. The number of carbonyl (C=O) groups is 2. The molecule has 2 aromatic carbocycles. The smallest absolute Gasteiger partial charge is 0.310 e. The molecule has 0 heterocycles. The Hall–Kier alpha value is -2.47. The average Bonchev–Trinajstić information content (AvgIpc) is 2.54. The van der Waals surface area contributed by atoms with Crippen LogP contribution in [0.3, 0.4) is 0 Å². The topological polar surface area (TPSA) is 77.5 Å². The summed E-state index contributed by atoms with van der Waals surface area (Å²) < 4.78 is 27.7. The van der Waals surface area contributed by atoms with Crippen molar-refractivity contribution in [3.63, 3.8) is 0 Å². The van der Waals surface area contributed by atoms with Crippen molar-refractivity contribution < 1.29 is 22.7 Å². The van der Waals surface area contributed by atoms with Crippen molar-refractivity contribution in [3.05, 3.63) is 65.2 Å². The standard InChI is InChI=1S/C18H18O5S/c1-13-3-5-14(6-4-13)11-18(20)23-12-17(19)15-7-9-16(10-8-15)24(2,21)22/h3-10H,11-12H2,1-2H3. The van der Waals surface area contributed by atoms with Crippen molar-refractivity contribution in [3.8, 4) is 0 Å². The van der Waals surface area contributed by atoms with Crippen molar-refractivity contribution in [2.24, 2.45) is 0 Å². The highest BCUT2D eigenvalue weighted by Gasteiger charge is 2.12. The van der Waals surface area contributed by atoms with E-state index >= 15 is 0 Å². The van der Waals surface area contributed by atoms with E-state index in [0.717, 1.165) is 17.4 Å². The van der Waals surface area contributed by atoms with Gasteiger partial charge in [0, 0.05) is 11.8 Å². The van der Waals surface area contributed by atoms with Crippen molar-refractivity contribution in [1.29, 1.82) is 0 Å². The Morgan fingerprint density at radius 1 is 0.958 bits per heavy atom. The number of benzene rings is 2. The van der Waals surface area contributed by atoms with E-state index in [1.165, 1.54) is 24.3 Å². The largest absolute Gasteiger partial charge is 0.457 e. The molecular formula is C18H18O5S. The molecule has 5 nitrogen and oxygen atoms in total. The van der Waals surface area contributed by atoms with E-state index < -0.39 is 15.8 Å². The zero-order chi connectivity index (χ0) is 17.7. The zero-order valence-corrected chi connectivity index (χ0v) is 14.3. The molecule has 126 valence electrons. The van der Waals surface area contributed by atoms with Crippen LogP contribution in [-0.2, 0) is 25.8 Å². The molecule has 0 unspecified atom stereocenters. The van der Waals surface area contributed by atoms with Gasteiger partial charge in [-0.2, -0.15) is 0 Å². The Morgan fingerprint density at radius 3 is 2.08 bits per heavy atom. The third kappa shape index (κ3) is 5.03. The van der Waals surface area contributed by atoms with Crippen LogP contribution in [0.5, 0.6) is 0 Å². The minimum Gasteiger partial charge on any atom is -0.457 e. The molecule has 0 bridgehead atoms.